The van der Waals surface area contributed by atoms with Crippen LogP contribution in [-0.4, -0.2) is 24.7 Å². The molecule has 1 aromatic rings. The summed E-state index contributed by atoms with van der Waals surface area (Å²) in [6.45, 7) is 2.53. The highest BCUT2D eigenvalue weighted by Gasteiger charge is 2.29. The molecule has 3 N–H and O–H groups in total. The van der Waals surface area contributed by atoms with Crippen molar-refractivity contribution >= 4 is 5.91 Å². The Hall–Kier alpha value is -1.46. The zero-order chi connectivity index (χ0) is 13.8. The molecule has 0 aliphatic carbocycles. The minimum atomic E-state index is -0.407. The van der Waals surface area contributed by atoms with E-state index in [9.17, 15) is 9.18 Å². The third kappa shape index (κ3) is 3.52. The molecule has 0 saturated carbocycles. The van der Waals surface area contributed by atoms with Gasteiger partial charge in [-0.05, 0) is 37.0 Å². The van der Waals surface area contributed by atoms with Crippen molar-refractivity contribution in [1.29, 1.82) is 0 Å². The molecule has 1 aliphatic rings. The minimum Gasteiger partial charge on any atom is -0.364 e. The maximum Gasteiger partial charge on any atom is 0.249 e. The van der Waals surface area contributed by atoms with E-state index in [1.54, 1.807) is 19.1 Å². The Labute approximate surface area is 112 Å². The van der Waals surface area contributed by atoms with E-state index in [1.807, 2.05) is 0 Å². The Morgan fingerprint density at radius 3 is 2.95 bits per heavy atom. The van der Waals surface area contributed by atoms with E-state index < -0.39 is 6.10 Å². The molecule has 0 bridgehead atoms. The van der Waals surface area contributed by atoms with Crippen molar-refractivity contribution in [3.05, 3.63) is 35.1 Å². The lowest BCUT2D eigenvalue weighted by Crippen LogP contribution is -2.35. The number of aryl methyl sites for hydroxylation is 1. The topological polar surface area (TPSA) is 64.4 Å². The fourth-order valence-electron chi connectivity index (χ4n) is 2.19. The lowest BCUT2D eigenvalue weighted by molar-refractivity contribution is -0.132. The highest BCUT2D eigenvalue weighted by molar-refractivity contribution is 5.81. The third-order valence-corrected chi connectivity index (χ3v) is 3.35. The van der Waals surface area contributed by atoms with Gasteiger partial charge in [-0.2, -0.15) is 0 Å². The van der Waals surface area contributed by atoms with Crippen molar-refractivity contribution < 1.29 is 13.9 Å². The second-order valence-corrected chi connectivity index (χ2v) is 4.86. The zero-order valence-electron chi connectivity index (χ0n) is 11.0. The van der Waals surface area contributed by atoms with Crippen LogP contribution in [0, 0.1) is 12.7 Å². The Kier molecular flexibility index (Phi) is 4.50. The summed E-state index contributed by atoms with van der Waals surface area (Å²) in [4.78, 5) is 11.9. The highest BCUT2D eigenvalue weighted by atomic mass is 19.1. The van der Waals surface area contributed by atoms with E-state index in [4.69, 9.17) is 10.5 Å². The summed E-state index contributed by atoms with van der Waals surface area (Å²) in [5.41, 5.74) is 6.95. The van der Waals surface area contributed by atoms with Gasteiger partial charge in [-0.25, -0.2) is 4.39 Å². The van der Waals surface area contributed by atoms with Crippen molar-refractivity contribution in [3.8, 4) is 0 Å². The van der Waals surface area contributed by atoms with Crippen LogP contribution in [0.4, 0.5) is 4.39 Å². The van der Waals surface area contributed by atoms with Crippen molar-refractivity contribution in [2.45, 2.75) is 38.5 Å². The van der Waals surface area contributed by atoms with Gasteiger partial charge in [0, 0.05) is 13.1 Å². The molecular weight excluding hydrogens is 247 g/mol. The normalized spacial score (nSPS) is 22.5. The number of amides is 1. The molecule has 104 valence electrons. The van der Waals surface area contributed by atoms with E-state index >= 15 is 0 Å². The first-order chi connectivity index (χ1) is 9.10. The number of nitrogens with one attached hydrogen (secondary N) is 1. The Balaban J connectivity index is 1.85. The van der Waals surface area contributed by atoms with Crippen LogP contribution in [0.2, 0.25) is 0 Å². The molecule has 0 aromatic heterocycles. The molecule has 2 atom stereocenters. The van der Waals surface area contributed by atoms with E-state index in [2.05, 4.69) is 5.32 Å². The van der Waals surface area contributed by atoms with Gasteiger partial charge in [-0.1, -0.05) is 12.1 Å². The van der Waals surface area contributed by atoms with E-state index in [-0.39, 0.29) is 17.8 Å². The summed E-state index contributed by atoms with van der Waals surface area (Å²) in [6, 6.07) is 4.81. The average Bonchev–Trinajstić information content (AvgIpc) is 2.88. The fourth-order valence-corrected chi connectivity index (χ4v) is 2.19. The van der Waals surface area contributed by atoms with E-state index in [0.717, 1.165) is 12.0 Å². The molecule has 2 rings (SSSR count). The molecule has 0 radical (unpaired) electrons. The summed E-state index contributed by atoms with van der Waals surface area (Å²) >= 11 is 0. The van der Waals surface area contributed by atoms with Gasteiger partial charge in [0.25, 0.3) is 0 Å². The molecule has 1 amide bonds. The maximum absolute atomic E-state index is 13.1. The van der Waals surface area contributed by atoms with Gasteiger partial charge in [0.1, 0.15) is 11.9 Å². The average molecular weight is 266 g/mol. The van der Waals surface area contributed by atoms with Gasteiger partial charge in [0.05, 0.1) is 6.10 Å². The Bertz CT molecular complexity index is 465. The number of benzene rings is 1. The number of halogens is 1. The molecule has 1 aromatic carbocycles. The molecule has 1 aliphatic heterocycles. The van der Waals surface area contributed by atoms with Crippen molar-refractivity contribution in [1.82, 2.24) is 5.32 Å². The van der Waals surface area contributed by atoms with Gasteiger partial charge in [0.15, 0.2) is 0 Å². The number of rotatable bonds is 4. The second kappa shape index (κ2) is 6.12. The highest BCUT2D eigenvalue weighted by Crippen LogP contribution is 2.19. The van der Waals surface area contributed by atoms with Crippen molar-refractivity contribution in [2.75, 3.05) is 6.54 Å². The SMILES string of the molecule is Cc1cc(CNC(=O)[C@@H]2CC[C@H](CN)O2)ccc1F. The summed E-state index contributed by atoms with van der Waals surface area (Å²) in [6.07, 6.45) is 1.11. The molecular formula is C14H19FN2O2. The molecule has 0 spiro atoms. The number of hydrogen-bond acceptors (Lipinski definition) is 3. The molecule has 4 nitrogen and oxygen atoms in total. The molecule has 1 saturated heterocycles. The standard InChI is InChI=1S/C14H19FN2O2/c1-9-6-10(2-4-12(9)15)8-17-14(18)13-5-3-11(7-16)19-13/h2,4,6,11,13H,3,5,7-8,16H2,1H3,(H,17,18)/t11-,13+/m1/s1. The summed E-state index contributed by atoms with van der Waals surface area (Å²) in [5, 5.41) is 2.81. The monoisotopic (exact) mass is 266 g/mol. The largest absolute Gasteiger partial charge is 0.364 e. The van der Waals surface area contributed by atoms with Crippen molar-refractivity contribution in [3.63, 3.8) is 0 Å². The number of nitrogens with two attached hydrogens (primary N) is 1. The van der Waals surface area contributed by atoms with Crippen LogP contribution in [-0.2, 0) is 16.1 Å². The number of carbonyl (C=O) groups is 1. The first kappa shape index (κ1) is 14.0. The van der Waals surface area contributed by atoms with Gasteiger partial charge in [0.2, 0.25) is 5.91 Å². The van der Waals surface area contributed by atoms with Gasteiger partial charge in [-0.3, -0.25) is 4.79 Å². The first-order valence-electron chi connectivity index (χ1n) is 6.48. The van der Waals surface area contributed by atoms with Crippen LogP contribution in [0.1, 0.15) is 24.0 Å². The first-order valence-corrected chi connectivity index (χ1v) is 6.48. The smallest absolute Gasteiger partial charge is 0.249 e. The molecule has 19 heavy (non-hydrogen) atoms. The molecule has 1 heterocycles. The van der Waals surface area contributed by atoms with Crippen LogP contribution >= 0.6 is 0 Å². The maximum atomic E-state index is 13.1. The van der Waals surface area contributed by atoms with Gasteiger partial charge >= 0.3 is 0 Å². The summed E-state index contributed by atoms with van der Waals surface area (Å²) < 4.78 is 18.6. The quantitative estimate of drug-likeness (QED) is 0.862. The second-order valence-electron chi connectivity index (χ2n) is 4.86. The fraction of sp³-hybridized carbons (Fsp3) is 0.500. The predicted molar refractivity (Wildman–Crippen MR) is 69.9 cm³/mol. The number of ether oxygens (including phenoxy) is 1. The van der Waals surface area contributed by atoms with Crippen LogP contribution in [0.5, 0.6) is 0 Å². The van der Waals surface area contributed by atoms with Gasteiger partial charge in [-0.15, -0.1) is 0 Å². The van der Waals surface area contributed by atoms with Crippen LogP contribution < -0.4 is 11.1 Å². The molecule has 0 unspecified atom stereocenters. The Morgan fingerprint density at radius 1 is 1.53 bits per heavy atom. The predicted octanol–water partition coefficient (Wildman–Crippen LogP) is 1.26. The zero-order valence-corrected chi connectivity index (χ0v) is 11.0. The van der Waals surface area contributed by atoms with Crippen LogP contribution in [0.3, 0.4) is 0 Å². The minimum absolute atomic E-state index is 0.0104. The Morgan fingerprint density at radius 2 is 2.32 bits per heavy atom. The summed E-state index contributed by atoms with van der Waals surface area (Å²) in [7, 11) is 0. The molecule has 5 heteroatoms. The lowest BCUT2D eigenvalue weighted by atomic mass is 10.1. The van der Waals surface area contributed by atoms with E-state index in [0.29, 0.717) is 25.1 Å². The molecule has 1 fully saturated rings. The number of hydrogen-bond donors (Lipinski definition) is 2. The van der Waals surface area contributed by atoms with Crippen LogP contribution in [0.25, 0.3) is 0 Å². The third-order valence-electron chi connectivity index (χ3n) is 3.35. The lowest BCUT2D eigenvalue weighted by Gasteiger charge is -2.13. The van der Waals surface area contributed by atoms with Gasteiger partial charge < -0.3 is 15.8 Å². The van der Waals surface area contributed by atoms with Crippen molar-refractivity contribution in [2.24, 2.45) is 5.73 Å². The van der Waals surface area contributed by atoms with E-state index in [1.165, 1.54) is 6.07 Å². The summed E-state index contributed by atoms with van der Waals surface area (Å²) in [5.74, 6) is -0.363. The van der Waals surface area contributed by atoms with Crippen LogP contribution in [0.15, 0.2) is 18.2 Å². The number of carbonyl (C=O) groups excluding carboxylic acids is 1.